The first kappa shape index (κ1) is 11.5. The van der Waals surface area contributed by atoms with Crippen LogP contribution in [0.2, 0.25) is 0 Å². The van der Waals surface area contributed by atoms with Gasteiger partial charge in [0.1, 0.15) is 5.82 Å². The largest absolute Gasteiger partial charge is 0.294 e. The van der Waals surface area contributed by atoms with Crippen LogP contribution in [0.5, 0.6) is 0 Å². The lowest BCUT2D eigenvalue weighted by Crippen LogP contribution is -2.03. The van der Waals surface area contributed by atoms with Crippen molar-refractivity contribution in [2.24, 2.45) is 0 Å². The lowest BCUT2D eigenvalue weighted by molar-refractivity contribution is 0.0993. The molecule has 1 nitrogen and oxygen atoms in total. The number of ketones is 1. The molecule has 1 heterocycles. The summed E-state index contributed by atoms with van der Waals surface area (Å²) in [6.07, 6.45) is 0.217. The van der Waals surface area contributed by atoms with Gasteiger partial charge in [-0.25, -0.2) is 4.39 Å². The van der Waals surface area contributed by atoms with E-state index in [0.717, 1.165) is 0 Å². The Kier molecular flexibility index (Phi) is 3.51. The normalized spacial score (nSPS) is 10.4. The fourth-order valence-electron chi connectivity index (χ4n) is 1.38. The molecule has 16 heavy (non-hydrogen) atoms. The topological polar surface area (TPSA) is 17.1 Å². The van der Waals surface area contributed by atoms with Crippen molar-refractivity contribution < 1.29 is 9.18 Å². The number of carbonyl (C=O) groups is 1. The molecule has 1 aromatic carbocycles. The fourth-order valence-corrected chi connectivity index (χ4v) is 2.45. The fraction of sp³-hybridized carbons (Fsp3) is 0.0833. The second kappa shape index (κ2) is 4.89. The molecule has 0 fully saturated rings. The van der Waals surface area contributed by atoms with E-state index >= 15 is 0 Å². The molecule has 2 rings (SSSR count). The average Bonchev–Trinajstić information content (AvgIpc) is 2.78. The highest BCUT2D eigenvalue weighted by Gasteiger charge is 2.11. The van der Waals surface area contributed by atoms with Crippen molar-refractivity contribution in [3.63, 3.8) is 0 Å². The molecular formula is C12H8BrFOS. The summed E-state index contributed by atoms with van der Waals surface area (Å²) in [5.74, 6) is -0.330. The van der Waals surface area contributed by atoms with Crippen molar-refractivity contribution >= 4 is 33.0 Å². The zero-order valence-corrected chi connectivity index (χ0v) is 10.6. The van der Waals surface area contributed by atoms with Gasteiger partial charge in [0, 0.05) is 17.4 Å². The van der Waals surface area contributed by atoms with Gasteiger partial charge in [0.2, 0.25) is 0 Å². The van der Waals surface area contributed by atoms with Gasteiger partial charge in [0.15, 0.2) is 5.78 Å². The van der Waals surface area contributed by atoms with Crippen LogP contribution < -0.4 is 0 Å². The van der Waals surface area contributed by atoms with Crippen LogP contribution >= 0.6 is 27.3 Å². The summed E-state index contributed by atoms with van der Waals surface area (Å²) < 4.78 is 13.6. The highest BCUT2D eigenvalue weighted by Crippen LogP contribution is 2.22. The van der Waals surface area contributed by atoms with Gasteiger partial charge in [-0.1, -0.05) is 12.1 Å². The lowest BCUT2D eigenvalue weighted by Gasteiger charge is -2.03. The first-order valence-electron chi connectivity index (χ1n) is 4.67. The van der Waals surface area contributed by atoms with Gasteiger partial charge in [0.25, 0.3) is 0 Å². The van der Waals surface area contributed by atoms with Crippen LogP contribution in [-0.2, 0) is 6.42 Å². The predicted octanol–water partition coefficient (Wildman–Crippen LogP) is 4.08. The third kappa shape index (κ3) is 2.39. The van der Waals surface area contributed by atoms with Gasteiger partial charge in [-0.3, -0.25) is 4.79 Å². The van der Waals surface area contributed by atoms with Gasteiger partial charge in [-0.15, -0.1) is 0 Å². The van der Waals surface area contributed by atoms with E-state index in [0.29, 0.717) is 15.6 Å². The van der Waals surface area contributed by atoms with Gasteiger partial charge in [0.05, 0.1) is 4.47 Å². The molecule has 0 spiro atoms. The smallest absolute Gasteiger partial charge is 0.168 e. The van der Waals surface area contributed by atoms with E-state index in [2.05, 4.69) is 15.9 Å². The van der Waals surface area contributed by atoms with Crippen molar-refractivity contribution in [2.75, 3.05) is 0 Å². The minimum absolute atomic E-state index is 0.00699. The molecule has 0 aliphatic heterocycles. The number of hydrogen-bond acceptors (Lipinski definition) is 2. The van der Waals surface area contributed by atoms with E-state index in [-0.39, 0.29) is 18.0 Å². The van der Waals surface area contributed by atoms with E-state index in [4.69, 9.17) is 0 Å². The van der Waals surface area contributed by atoms with Crippen LogP contribution in [-0.4, -0.2) is 5.78 Å². The minimum Gasteiger partial charge on any atom is -0.294 e. The Morgan fingerprint density at radius 3 is 2.88 bits per heavy atom. The number of benzene rings is 1. The zero-order chi connectivity index (χ0) is 11.5. The standard InChI is InChI=1S/C12H8BrFOS/c13-12-8(2-1-3-10(12)14)6-11(15)9-4-5-16-7-9/h1-5,7H,6H2. The van der Waals surface area contributed by atoms with Gasteiger partial charge in [-0.2, -0.15) is 11.3 Å². The summed E-state index contributed by atoms with van der Waals surface area (Å²) in [5.41, 5.74) is 1.36. The van der Waals surface area contributed by atoms with Crippen molar-refractivity contribution in [1.29, 1.82) is 0 Å². The summed E-state index contributed by atoms with van der Waals surface area (Å²) in [4.78, 5) is 11.8. The summed E-state index contributed by atoms with van der Waals surface area (Å²) >= 11 is 4.63. The van der Waals surface area contributed by atoms with Crippen LogP contribution in [0.25, 0.3) is 0 Å². The van der Waals surface area contributed by atoms with Crippen LogP contribution in [0, 0.1) is 5.82 Å². The second-order valence-corrected chi connectivity index (χ2v) is 4.90. The maximum Gasteiger partial charge on any atom is 0.168 e. The predicted molar refractivity (Wildman–Crippen MR) is 66.5 cm³/mol. The summed E-state index contributed by atoms with van der Waals surface area (Å²) in [5, 5.41) is 3.66. The van der Waals surface area contributed by atoms with Crippen molar-refractivity contribution in [3.05, 3.63) is 56.4 Å². The van der Waals surface area contributed by atoms with E-state index in [9.17, 15) is 9.18 Å². The van der Waals surface area contributed by atoms with E-state index in [1.807, 2.05) is 5.38 Å². The average molecular weight is 299 g/mol. The maximum atomic E-state index is 13.2. The molecule has 0 saturated carbocycles. The third-order valence-electron chi connectivity index (χ3n) is 2.23. The van der Waals surface area contributed by atoms with Crippen molar-refractivity contribution in [2.45, 2.75) is 6.42 Å². The highest BCUT2D eigenvalue weighted by atomic mass is 79.9. The monoisotopic (exact) mass is 298 g/mol. The quantitative estimate of drug-likeness (QED) is 0.781. The number of carbonyl (C=O) groups excluding carboxylic acids is 1. The Hall–Kier alpha value is -1.00. The first-order valence-corrected chi connectivity index (χ1v) is 6.40. The van der Waals surface area contributed by atoms with E-state index in [1.54, 1.807) is 23.6 Å². The number of thiophene rings is 1. The van der Waals surface area contributed by atoms with Crippen LogP contribution in [0.3, 0.4) is 0 Å². The molecule has 0 radical (unpaired) electrons. The molecule has 0 aliphatic rings. The van der Waals surface area contributed by atoms with Gasteiger partial charge >= 0.3 is 0 Å². The Morgan fingerprint density at radius 2 is 2.19 bits per heavy atom. The molecular weight excluding hydrogens is 291 g/mol. The Labute approximate surface area is 105 Å². The SMILES string of the molecule is O=C(Cc1cccc(F)c1Br)c1ccsc1. The molecule has 0 amide bonds. The Bertz CT molecular complexity index is 508. The third-order valence-corrected chi connectivity index (χ3v) is 3.80. The number of rotatable bonds is 3. The Morgan fingerprint density at radius 1 is 1.38 bits per heavy atom. The van der Waals surface area contributed by atoms with Gasteiger partial charge in [-0.05, 0) is 39.0 Å². The van der Waals surface area contributed by atoms with E-state index < -0.39 is 0 Å². The minimum atomic E-state index is -0.337. The summed E-state index contributed by atoms with van der Waals surface area (Å²) in [6.45, 7) is 0. The zero-order valence-electron chi connectivity index (χ0n) is 8.24. The maximum absolute atomic E-state index is 13.2. The van der Waals surface area contributed by atoms with Crippen molar-refractivity contribution in [3.8, 4) is 0 Å². The molecule has 0 saturated heterocycles. The summed E-state index contributed by atoms with van der Waals surface area (Å²) in [7, 11) is 0. The Balaban J connectivity index is 2.22. The molecule has 0 unspecified atom stereocenters. The number of Topliss-reactive ketones (excluding diaryl/α,β-unsaturated/α-hetero) is 1. The summed E-state index contributed by atoms with van der Waals surface area (Å²) in [6, 6.07) is 6.50. The molecule has 1 aromatic heterocycles. The molecule has 0 aliphatic carbocycles. The van der Waals surface area contributed by atoms with Gasteiger partial charge < -0.3 is 0 Å². The van der Waals surface area contributed by atoms with Crippen LogP contribution in [0.4, 0.5) is 4.39 Å². The number of halogens is 2. The van der Waals surface area contributed by atoms with Crippen molar-refractivity contribution in [1.82, 2.24) is 0 Å². The second-order valence-electron chi connectivity index (χ2n) is 3.32. The van der Waals surface area contributed by atoms with Crippen LogP contribution in [0.15, 0.2) is 39.5 Å². The number of hydrogen-bond donors (Lipinski definition) is 0. The highest BCUT2D eigenvalue weighted by molar-refractivity contribution is 9.10. The molecule has 4 heteroatoms. The van der Waals surface area contributed by atoms with E-state index in [1.165, 1.54) is 17.4 Å². The molecule has 82 valence electrons. The molecule has 2 aromatic rings. The molecule has 0 atom stereocenters. The van der Waals surface area contributed by atoms with Crippen LogP contribution in [0.1, 0.15) is 15.9 Å². The molecule has 0 N–H and O–H groups in total. The first-order chi connectivity index (χ1) is 7.68. The lowest BCUT2D eigenvalue weighted by atomic mass is 10.1. The molecule has 0 bridgehead atoms.